The minimum Gasteiger partial charge on any atom is -0.343 e. The van der Waals surface area contributed by atoms with Crippen LogP contribution in [0.1, 0.15) is 11.1 Å². The summed E-state index contributed by atoms with van der Waals surface area (Å²) in [5.74, 6) is 0. The molecule has 0 radical (unpaired) electrons. The fraction of sp³-hybridized carbons (Fsp3) is 0.154. The average molecular weight is 197 g/mol. The molecule has 0 saturated heterocycles. The molecule has 2 aromatic rings. The van der Waals surface area contributed by atoms with E-state index in [9.17, 15) is 4.79 Å². The normalized spacial score (nSPS) is 12.3. The van der Waals surface area contributed by atoms with Crippen LogP contribution in [0, 0.1) is 6.92 Å². The van der Waals surface area contributed by atoms with Crippen LogP contribution in [0.3, 0.4) is 0 Å². The molecule has 1 aromatic heterocycles. The lowest BCUT2D eigenvalue weighted by Gasteiger charge is -2.03. The topological polar surface area (TPSA) is 22.0 Å². The van der Waals surface area contributed by atoms with Crippen LogP contribution in [0.4, 0.5) is 0 Å². The number of hydrogen-bond acceptors (Lipinski definition) is 1. The molecule has 0 N–H and O–H groups in total. The van der Waals surface area contributed by atoms with Crippen molar-refractivity contribution in [2.24, 2.45) is 0 Å². The first-order chi connectivity index (χ1) is 7.25. The van der Waals surface area contributed by atoms with Gasteiger partial charge in [0.05, 0.1) is 5.69 Å². The van der Waals surface area contributed by atoms with Crippen molar-refractivity contribution < 1.29 is 0 Å². The van der Waals surface area contributed by atoms with Gasteiger partial charge in [-0.25, -0.2) is 0 Å². The molecule has 0 atom stereocenters. The zero-order valence-corrected chi connectivity index (χ0v) is 8.53. The minimum atomic E-state index is 0.123. The summed E-state index contributed by atoms with van der Waals surface area (Å²) in [5, 5.41) is 0. The highest BCUT2D eigenvalue weighted by molar-refractivity contribution is 5.67. The van der Waals surface area contributed by atoms with E-state index in [0.717, 1.165) is 17.8 Å². The smallest absolute Gasteiger partial charge is 0.185 e. The second-order valence-electron chi connectivity index (χ2n) is 3.99. The van der Waals surface area contributed by atoms with Gasteiger partial charge in [0.15, 0.2) is 5.43 Å². The van der Waals surface area contributed by atoms with Crippen molar-refractivity contribution in [3.8, 4) is 11.3 Å². The van der Waals surface area contributed by atoms with Crippen LogP contribution in [0.25, 0.3) is 11.3 Å². The van der Waals surface area contributed by atoms with Gasteiger partial charge < -0.3 is 4.57 Å². The lowest BCUT2D eigenvalue weighted by atomic mass is 10.1. The van der Waals surface area contributed by atoms with Crippen molar-refractivity contribution >= 4 is 0 Å². The monoisotopic (exact) mass is 197 g/mol. The summed E-state index contributed by atoms with van der Waals surface area (Å²) in [6, 6.07) is 9.97. The molecule has 0 unspecified atom stereocenters. The van der Waals surface area contributed by atoms with Gasteiger partial charge >= 0.3 is 0 Å². The van der Waals surface area contributed by atoms with Crippen LogP contribution in [0.5, 0.6) is 0 Å². The molecule has 1 aliphatic heterocycles. The van der Waals surface area contributed by atoms with Crippen molar-refractivity contribution in [1.29, 1.82) is 0 Å². The van der Waals surface area contributed by atoms with Gasteiger partial charge in [0.25, 0.3) is 0 Å². The molecule has 2 nitrogen and oxygen atoms in total. The second kappa shape index (κ2) is 2.83. The zero-order valence-electron chi connectivity index (χ0n) is 8.53. The fourth-order valence-corrected chi connectivity index (χ4v) is 2.14. The Labute approximate surface area is 87.8 Å². The summed E-state index contributed by atoms with van der Waals surface area (Å²) in [7, 11) is 0. The van der Waals surface area contributed by atoms with Gasteiger partial charge in [-0.2, -0.15) is 0 Å². The number of pyridine rings is 1. The summed E-state index contributed by atoms with van der Waals surface area (Å²) < 4.78 is 2.14. The molecule has 0 aliphatic carbocycles. The lowest BCUT2D eigenvalue weighted by molar-refractivity contribution is 0.829. The van der Waals surface area contributed by atoms with Gasteiger partial charge in [-0.1, -0.05) is 24.3 Å². The summed E-state index contributed by atoms with van der Waals surface area (Å²) in [6.45, 7) is 2.74. The van der Waals surface area contributed by atoms with Gasteiger partial charge in [-0.15, -0.1) is 0 Å². The number of hydrogen-bond donors (Lipinski definition) is 0. The van der Waals surface area contributed by atoms with E-state index in [-0.39, 0.29) is 5.43 Å². The van der Waals surface area contributed by atoms with Crippen LogP contribution in [0.15, 0.2) is 41.3 Å². The number of aromatic nitrogens is 1. The minimum absolute atomic E-state index is 0.123. The van der Waals surface area contributed by atoms with Crippen LogP contribution in [-0.4, -0.2) is 4.57 Å². The van der Waals surface area contributed by atoms with E-state index in [1.165, 1.54) is 11.1 Å². The van der Waals surface area contributed by atoms with Crippen LogP contribution in [0.2, 0.25) is 0 Å². The molecule has 3 rings (SSSR count). The second-order valence-corrected chi connectivity index (χ2v) is 3.99. The fourth-order valence-electron chi connectivity index (χ4n) is 2.14. The zero-order chi connectivity index (χ0) is 10.4. The molecule has 0 fully saturated rings. The third kappa shape index (κ3) is 1.14. The number of nitrogens with zero attached hydrogens (tertiary/aromatic N) is 1. The first-order valence-corrected chi connectivity index (χ1v) is 5.05. The molecule has 0 spiro atoms. The van der Waals surface area contributed by atoms with E-state index >= 15 is 0 Å². The molecule has 1 aromatic carbocycles. The predicted octanol–water partition coefficient (Wildman–Crippen LogP) is 2.19. The molecular weight excluding hydrogens is 186 g/mol. The molecule has 0 saturated carbocycles. The Hall–Kier alpha value is -1.83. The Bertz CT molecular complexity index is 596. The molecule has 2 heteroatoms. The standard InChI is InChI=1S/C13H11NO/c1-9-7-14-8-10-4-2-3-5-11(10)12(14)6-13(9)15/h2-7H,8H2,1H3. The van der Waals surface area contributed by atoms with E-state index in [4.69, 9.17) is 0 Å². The third-order valence-corrected chi connectivity index (χ3v) is 2.95. The largest absolute Gasteiger partial charge is 0.343 e. The summed E-state index contributed by atoms with van der Waals surface area (Å²) in [5.41, 5.74) is 4.46. The lowest BCUT2D eigenvalue weighted by Crippen LogP contribution is -2.08. The Kier molecular flexibility index (Phi) is 1.60. The molecule has 0 bridgehead atoms. The Morgan fingerprint density at radius 2 is 2.07 bits per heavy atom. The van der Waals surface area contributed by atoms with Crippen molar-refractivity contribution in [2.45, 2.75) is 13.5 Å². The van der Waals surface area contributed by atoms with E-state index in [1.54, 1.807) is 6.07 Å². The van der Waals surface area contributed by atoms with Crippen molar-refractivity contribution in [1.82, 2.24) is 4.57 Å². The number of fused-ring (bicyclic) bond motifs is 3. The molecular formula is C13H11NO. The summed E-state index contributed by atoms with van der Waals surface area (Å²) >= 11 is 0. The van der Waals surface area contributed by atoms with Gasteiger partial charge in [0, 0.05) is 29.9 Å². The maximum Gasteiger partial charge on any atom is 0.185 e. The first-order valence-electron chi connectivity index (χ1n) is 5.05. The van der Waals surface area contributed by atoms with Crippen LogP contribution < -0.4 is 5.43 Å². The van der Waals surface area contributed by atoms with Gasteiger partial charge in [0.2, 0.25) is 0 Å². The van der Waals surface area contributed by atoms with E-state index in [2.05, 4.69) is 16.7 Å². The van der Waals surface area contributed by atoms with Gasteiger partial charge in [0.1, 0.15) is 0 Å². The van der Waals surface area contributed by atoms with E-state index in [1.807, 2.05) is 25.3 Å². The van der Waals surface area contributed by atoms with Crippen LogP contribution in [-0.2, 0) is 6.54 Å². The Morgan fingerprint density at radius 3 is 2.93 bits per heavy atom. The SMILES string of the molecule is Cc1cn2c(cc1=O)-c1ccccc1C2. The maximum absolute atomic E-state index is 11.6. The Morgan fingerprint density at radius 1 is 1.27 bits per heavy atom. The predicted molar refractivity (Wildman–Crippen MR) is 60.0 cm³/mol. The molecule has 1 aliphatic rings. The van der Waals surface area contributed by atoms with Gasteiger partial charge in [-0.3, -0.25) is 4.79 Å². The summed E-state index contributed by atoms with van der Waals surface area (Å²) in [4.78, 5) is 11.6. The number of benzene rings is 1. The van der Waals surface area contributed by atoms with Crippen molar-refractivity contribution in [3.05, 3.63) is 57.9 Å². The number of rotatable bonds is 0. The maximum atomic E-state index is 11.6. The van der Waals surface area contributed by atoms with Crippen molar-refractivity contribution in [2.75, 3.05) is 0 Å². The Balaban J connectivity index is 2.34. The highest BCUT2D eigenvalue weighted by atomic mass is 16.1. The molecule has 74 valence electrons. The average Bonchev–Trinajstić information content (AvgIpc) is 2.57. The quantitative estimate of drug-likeness (QED) is 0.541. The van der Waals surface area contributed by atoms with Crippen molar-refractivity contribution in [3.63, 3.8) is 0 Å². The third-order valence-electron chi connectivity index (χ3n) is 2.95. The molecule has 0 amide bonds. The van der Waals surface area contributed by atoms with Gasteiger partial charge in [-0.05, 0) is 12.5 Å². The molecule has 15 heavy (non-hydrogen) atoms. The van der Waals surface area contributed by atoms with Crippen LogP contribution >= 0.6 is 0 Å². The highest BCUT2D eigenvalue weighted by Crippen LogP contribution is 2.30. The first kappa shape index (κ1) is 8.48. The van der Waals surface area contributed by atoms with E-state index in [0.29, 0.717) is 0 Å². The molecule has 2 heterocycles. The summed E-state index contributed by atoms with van der Waals surface area (Å²) in [6.07, 6.45) is 1.94. The highest BCUT2D eigenvalue weighted by Gasteiger charge is 2.16. The van der Waals surface area contributed by atoms with E-state index < -0.39 is 0 Å². The number of aryl methyl sites for hydroxylation is 1.